The Kier molecular flexibility index (Phi) is 6.84. The molecular formula is C18H25ClN4O2. The third-order valence-corrected chi connectivity index (χ3v) is 4.43. The standard InChI is InChI=1S/C18H24N4O2.ClH/c1-15(24-16-6-3-2-4-7-16)14-20-17(23)18(8-11-19-12-9-18)22-13-5-10-21-22;/h2-7,10,13,15,19H,8-9,11-12,14H2,1H3,(H,20,23);1H. The average Bonchev–Trinajstić information content (AvgIpc) is 3.16. The fourth-order valence-corrected chi connectivity index (χ4v) is 3.10. The molecule has 7 heteroatoms. The largest absolute Gasteiger partial charge is 0.489 e. The molecule has 0 bridgehead atoms. The highest BCUT2D eigenvalue weighted by atomic mass is 35.5. The Morgan fingerprint density at radius 3 is 2.68 bits per heavy atom. The summed E-state index contributed by atoms with van der Waals surface area (Å²) in [5, 5.41) is 10.7. The number of nitrogens with zero attached hydrogens (tertiary/aromatic N) is 2. The summed E-state index contributed by atoms with van der Waals surface area (Å²) in [6.45, 7) is 4.03. The first kappa shape index (κ1) is 19.3. The van der Waals surface area contributed by atoms with Crippen LogP contribution in [0.1, 0.15) is 19.8 Å². The Hall–Kier alpha value is -2.05. The van der Waals surface area contributed by atoms with Crippen molar-refractivity contribution < 1.29 is 9.53 Å². The third kappa shape index (κ3) is 4.52. The van der Waals surface area contributed by atoms with Crippen molar-refractivity contribution in [2.24, 2.45) is 0 Å². The van der Waals surface area contributed by atoms with Gasteiger partial charge in [-0.2, -0.15) is 5.10 Å². The van der Waals surface area contributed by atoms with E-state index in [1.54, 1.807) is 10.9 Å². The Balaban J connectivity index is 0.00000225. The van der Waals surface area contributed by atoms with Crippen LogP contribution in [0.3, 0.4) is 0 Å². The molecule has 1 fully saturated rings. The van der Waals surface area contributed by atoms with E-state index in [-0.39, 0.29) is 24.4 Å². The highest BCUT2D eigenvalue weighted by Crippen LogP contribution is 2.27. The zero-order valence-corrected chi connectivity index (χ0v) is 15.2. The van der Waals surface area contributed by atoms with Crippen LogP contribution in [-0.2, 0) is 10.3 Å². The van der Waals surface area contributed by atoms with Gasteiger partial charge in [-0.25, -0.2) is 0 Å². The zero-order chi connectivity index (χ0) is 16.8. The number of hydrogen-bond donors (Lipinski definition) is 2. The number of aromatic nitrogens is 2. The summed E-state index contributed by atoms with van der Waals surface area (Å²) in [7, 11) is 0. The van der Waals surface area contributed by atoms with Gasteiger partial charge >= 0.3 is 0 Å². The molecule has 6 nitrogen and oxygen atoms in total. The molecule has 1 unspecified atom stereocenters. The average molecular weight is 365 g/mol. The van der Waals surface area contributed by atoms with Crippen LogP contribution in [-0.4, -0.2) is 41.4 Å². The van der Waals surface area contributed by atoms with Crippen LogP contribution in [0.4, 0.5) is 0 Å². The van der Waals surface area contributed by atoms with Gasteiger partial charge in [0.05, 0.1) is 6.54 Å². The molecule has 3 rings (SSSR count). The summed E-state index contributed by atoms with van der Waals surface area (Å²) in [6, 6.07) is 11.5. The maximum absolute atomic E-state index is 12.9. The summed E-state index contributed by atoms with van der Waals surface area (Å²) in [6.07, 6.45) is 4.95. The second kappa shape index (κ2) is 8.87. The Bertz CT molecular complexity index is 642. The summed E-state index contributed by atoms with van der Waals surface area (Å²) in [5.74, 6) is 0.819. The fraction of sp³-hybridized carbons (Fsp3) is 0.444. The van der Waals surface area contributed by atoms with Crippen molar-refractivity contribution in [1.29, 1.82) is 0 Å². The molecule has 0 spiro atoms. The van der Waals surface area contributed by atoms with Crippen LogP contribution >= 0.6 is 12.4 Å². The van der Waals surface area contributed by atoms with Crippen molar-refractivity contribution in [3.8, 4) is 5.75 Å². The van der Waals surface area contributed by atoms with Gasteiger partial charge in [-0.15, -0.1) is 12.4 Å². The number of para-hydroxylation sites is 1. The van der Waals surface area contributed by atoms with Crippen molar-refractivity contribution >= 4 is 18.3 Å². The molecule has 1 aliphatic heterocycles. The predicted octanol–water partition coefficient (Wildman–Crippen LogP) is 1.97. The van der Waals surface area contributed by atoms with Crippen molar-refractivity contribution in [3.05, 3.63) is 48.8 Å². The molecule has 0 saturated carbocycles. The number of ether oxygens (including phenoxy) is 1. The summed E-state index contributed by atoms with van der Waals surface area (Å²) >= 11 is 0. The summed E-state index contributed by atoms with van der Waals surface area (Å²) in [5.41, 5.74) is -0.610. The molecule has 0 aliphatic carbocycles. The number of hydrogen-bond acceptors (Lipinski definition) is 4. The van der Waals surface area contributed by atoms with Gasteiger partial charge in [0, 0.05) is 12.4 Å². The van der Waals surface area contributed by atoms with Gasteiger partial charge in [0.15, 0.2) is 0 Å². The monoisotopic (exact) mass is 364 g/mol. The van der Waals surface area contributed by atoms with E-state index >= 15 is 0 Å². The van der Waals surface area contributed by atoms with Crippen LogP contribution in [0.15, 0.2) is 48.8 Å². The number of carbonyl (C=O) groups excluding carboxylic acids is 1. The van der Waals surface area contributed by atoms with Crippen molar-refractivity contribution in [1.82, 2.24) is 20.4 Å². The number of rotatable bonds is 6. The summed E-state index contributed by atoms with van der Waals surface area (Å²) < 4.78 is 7.62. The van der Waals surface area contributed by atoms with E-state index in [0.29, 0.717) is 6.54 Å². The third-order valence-electron chi connectivity index (χ3n) is 4.43. The van der Waals surface area contributed by atoms with Crippen molar-refractivity contribution in [3.63, 3.8) is 0 Å². The minimum absolute atomic E-state index is 0. The quantitative estimate of drug-likeness (QED) is 0.822. The van der Waals surface area contributed by atoms with E-state index in [0.717, 1.165) is 31.7 Å². The van der Waals surface area contributed by atoms with E-state index < -0.39 is 5.54 Å². The Labute approximate surface area is 154 Å². The van der Waals surface area contributed by atoms with Crippen LogP contribution in [0.5, 0.6) is 5.75 Å². The lowest BCUT2D eigenvalue weighted by Gasteiger charge is -2.36. The fourth-order valence-electron chi connectivity index (χ4n) is 3.10. The minimum Gasteiger partial charge on any atom is -0.489 e. The second-order valence-corrected chi connectivity index (χ2v) is 6.18. The lowest BCUT2D eigenvalue weighted by molar-refractivity contribution is -0.132. The Morgan fingerprint density at radius 1 is 1.32 bits per heavy atom. The SMILES string of the molecule is CC(CNC(=O)C1(n2cccn2)CCNCC1)Oc1ccccc1.Cl. The molecule has 1 aromatic heterocycles. The van der Waals surface area contributed by atoms with Gasteiger partial charge in [0.1, 0.15) is 17.4 Å². The van der Waals surface area contributed by atoms with Crippen molar-refractivity contribution in [2.45, 2.75) is 31.4 Å². The number of amides is 1. The van der Waals surface area contributed by atoms with Gasteiger partial charge in [-0.05, 0) is 51.1 Å². The van der Waals surface area contributed by atoms with E-state index in [4.69, 9.17) is 4.74 Å². The smallest absolute Gasteiger partial charge is 0.248 e. The van der Waals surface area contributed by atoms with Crippen LogP contribution in [0, 0.1) is 0 Å². The first-order chi connectivity index (χ1) is 11.7. The number of benzene rings is 1. The van der Waals surface area contributed by atoms with Crippen LogP contribution in [0.2, 0.25) is 0 Å². The molecule has 2 N–H and O–H groups in total. The summed E-state index contributed by atoms with van der Waals surface area (Å²) in [4.78, 5) is 12.9. The van der Waals surface area contributed by atoms with Gasteiger partial charge in [-0.3, -0.25) is 9.48 Å². The molecule has 25 heavy (non-hydrogen) atoms. The lowest BCUT2D eigenvalue weighted by Crippen LogP contribution is -2.55. The molecule has 136 valence electrons. The van der Waals surface area contributed by atoms with Gasteiger partial charge in [0.2, 0.25) is 5.91 Å². The van der Waals surface area contributed by atoms with Gasteiger partial charge in [-0.1, -0.05) is 18.2 Å². The highest BCUT2D eigenvalue weighted by molar-refractivity contribution is 5.85. The van der Waals surface area contributed by atoms with Gasteiger partial charge in [0.25, 0.3) is 0 Å². The maximum atomic E-state index is 12.9. The number of carbonyl (C=O) groups is 1. The number of piperidine rings is 1. The number of nitrogens with one attached hydrogen (secondary N) is 2. The lowest BCUT2D eigenvalue weighted by atomic mass is 9.87. The first-order valence-corrected chi connectivity index (χ1v) is 8.41. The molecule has 2 aromatic rings. The normalized spacial score (nSPS) is 17.2. The molecule has 1 aliphatic rings. The van der Waals surface area contributed by atoms with Crippen molar-refractivity contribution in [2.75, 3.05) is 19.6 Å². The van der Waals surface area contributed by atoms with E-state index in [1.807, 2.05) is 49.5 Å². The van der Waals surface area contributed by atoms with E-state index in [9.17, 15) is 4.79 Å². The molecule has 2 heterocycles. The molecule has 0 radical (unpaired) electrons. The highest BCUT2D eigenvalue weighted by Gasteiger charge is 2.41. The van der Waals surface area contributed by atoms with E-state index in [2.05, 4.69) is 15.7 Å². The Morgan fingerprint density at radius 2 is 2.04 bits per heavy atom. The maximum Gasteiger partial charge on any atom is 0.248 e. The first-order valence-electron chi connectivity index (χ1n) is 8.41. The predicted molar refractivity (Wildman–Crippen MR) is 99.1 cm³/mol. The minimum atomic E-state index is -0.610. The van der Waals surface area contributed by atoms with Crippen LogP contribution < -0.4 is 15.4 Å². The molecule has 1 aromatic carbocycles. The molecule has 1 amide bonds. The van der Waals surface area contributed by atoms with E-state index in [1.165, 1.54) is 0 Å². The van der Waals surface area contributed by atoms with Gasteiger partial charge < -0.3 is 15.4 Å². The van der Waals surface area contributed by atoms with Crippen LogP contribution in [0.25, 0.3) is 0 Å². The zero-order valence-electron chi connectivity index (χ0n) is 14.4. The second-order valence-electron chi connectivity index (χ2n) is 6.18. The molecule has 1 saturated heterocycles. The molecular weight excluding hydrogens is 340 g/mol. The molecule has 1 atom stereocenters. The topological polar surface area (TPSA) is 68.2 Å². The number of halogens is 1.